The van der Waals surface area contributed by atoms with Crippen LogP contribution in [-0.4, -0.2) is 7.11 Å². The van der Waals surface area contributed by atoms with Crippen LogP contribution in [-0.2, 0) is 6.42 Å². The number of benzene rings is 2. The molecule has 1 nitrogen and oxygen atoms in total. The van der Waals surface area contributed by atoms with Crippen LogP contribution >= 0.6 is 11.3 Å². The summed E-state index contributed by atoms with van der Waals surface area (Å²) in [6.45, 7) is 2.09. The lowest BCUT2D eigenvalue weighted by molar-refractivity contribution is 0.407. The van der Waals surface area contributed by atoms with Gasteiger partial charge < -0.3 is 4.74 Å². The maximum Gasteiger partial charge on any atom is 0.125 e. The summed E-state index contributed by atoms with van der Waals surface area (Å²) in [4.78, 5) is 0. The van der Waals surface area contributed by atoms with Gasteiger partial charge in [0.1, 0.15) is 5.75 Å². The molecule has 106 valence electrons. The van der Waals surface area contributed by atoms with Gasteiger partial charge in [-0.25, -0.2) is 0 Å². The molecule has 0 saturated carbocycles. The van der Waals surface area contributed by atoms with Crippen LogP contribution in [0, 0.1) is 6.92 Å². The molecule has 0 unspecified atom stereocenters. The SMILES string of the molecule is COc1c(C)cccc1Cc1cscc1-c1ccccc1. The van der Waals surface area contributed by atoms with Crippen LogP contribution < -0.4 is 4.74 Å². The standard InChI is InChI=1S/C19H18OS/c1-14-7-6-10-16(19(14)20-2)11-17-12-21-13-18(17)15-8-4-3-5-9-15/h3-10,12-13H,11H2,1-2H3. The van der Waals surface area contributed by atoms with E-state index in [-0.39, 0.29) is 0 Å². The second-order valence-corrected chi connectivity index (χ2v) is 5.86. The number of hydrogen-bond acceptors (Lipinski definition) is 2. The van der Waals surface area contributed by atoms with Crippen molar-refractivity contribution < 1.29 is 4.74 Å². The van der Waals surface area contributed by atoms with E-state index in [0.29, 0.717) is 0 Å². The second-order valence-electron chi connectivity index (χ2n) is 5.12. The maximum absolute atomic E-state index is 5.57. The Hall–Kier alpha value is -2.06. The first-order valence-electron chi connectivity index (χ1n) is 7.02. The summed E-state index contributed by atoms with van der Waals surface area (Å²) >= 11 is 1.76. The van der Waals surface area contributed by atoms with Crippen molar-refractivity contribution in [2.45, 2.75) is 13.3 Å². The molecule has 0 saturated heterocycles. The van der Waals surface area contributed by atoms with Gasteiger partial charge in [-0.2, -0.15) is 11.3 Å². The van der Waals surface area contributed by atoms with Crippen LogP contribution in [0.25, 0.3) is 11.1 Å². The highest BCUT2D eigenvalue weighted by Crippen LogP contribution is 2.32. The Morgan fingerprint density at radius 3 is 2.48 bits per heavy atom. The van der Waals surface area contributed by atoms with Gasteiger partial charge >= 0.3 is 0 Å². The summed E-state index contributed by atoms with van der Waals surface area (Å²) in [5, 5.41) is 4.47. The Morgan fingerprint density at radius 1 is 0.905 bits per heavy atom. The molecule has 0 bridgehead atoms. The smallest absolute Gasteiger partial charge is 0.125 e. The van der Waals surface area contributed by atoms with Crippen LogP contribution in [0.4, 0.5) is 0 Å². The van der Waals surface area contributed by atoms with Crippen molar-refractivity contribution in [1.82, 2.24) is 0 Å². The van der Waals surface area contributed by atoms with Gasteiger partial charge in [0.05, 0.1) is 7.11 Å². The lowest BCUT2D eigenvalue weighted by Gasteiger charge is -2.12. The van der Waals surface area contributed by atoms with Crippen LogP contribution in [0.3, 0.4) is 0 Å². The average Bonchev–Trinajstić information content (AvgIpc) is 2.97. The van der Waals surface area contributed by atoms with E-state index >= 15 is 0 Å². The maximum atomic E-state index is 5.57. The van der Waals surface area contributed by atoms with Crippen LogP contribution in [0.2, 0.25) is 0 Å². The minimum atomic E-state index is 0.901. The Balaban J connectivity index is 1.98. The summed E-state index contributed by atoms with van der Waals surface area (Å²) < 4.78 is 5.57. The largest absolute Gasteiger partial charge is 0.496 e. The van der Waals surface area contributed by atoms with Crippen molar-refractivity contribution in [3.63, 3.8) is 0 Å². The number of ether oxygens (including phenoxy) is 1. The first-order chi connectivity index (χ1) is 10.3. The van der Waals surface area contributed by atoms with Crippen molar-refractivity contribution in [2.24, 2.45) is 0 Å². The number of para-hydroxylation sites is 1. The highest BCUT2D eigenvalue weighted by Gasteiger charge is 2.11. The molecule has 0 aliphatic carbocycles. The summed E-state index contributed by atoms with van der Waals surface area (Å²) in [6.07, 6.45) is 0.901. The van der Waals surface area contributed by atoms with Gasteiger partial charge in [-0.15, -0.1) is 0 Å². The molecule has 2 heteroatoms. The van der Waals surface area contributed by atoms with Gasteiger partial charge in [0.2, 0.25) is 0 Å². The highest BCUT2D eigenvalue weighted by atomic mass is 32.1. The minimum Gasteiger partial charge on any atom is -0.496 e. The van der Waals surface area contributed by atoms with Gasteiger partial charge in [-0.05, 0) is 45.5 Å². The molecule has 3 aromatic rings. The molecule has 1 heterocycles. The third-order valence-corrected chi connectivity index (χ3v) is 4.50. The minimum absolute atomic E-state index is 0.901. The first kappa shape index (κ1) is 13.9. The average molecular weight is 294 g/mol. The Kier molecular flexibility index (Phi) is 4.07. The molecular weight excluding hydrogens is 276 g/mol. The molecule has 0 atom stereocenters. The molecular formula is C19H18OS. The lowest BCUT2D eigenvalue weighted by Crippen LogP contribution is -1.96. The third-order valence-electron chi connectivity index (χ3n) is 3.71. The molecule has 2 aromatic carbocycles. The van der Waals surface area contributed by atoms with Crippen LogP contribution in [0.5, 0.6) is 5.75 Å². The van der Waals surface area contributed by atoms with E-state index in [1.54, 1.807) is 18.4 Å². The van der Waals surface area contributed by atoms with E-state index in [2.05, 4.69) is 66.2 Å². The zero-order valence-corrected chi connectivity index (χ0v) is 13.1. The molecule has 0 spiro atoms. The molecule has 0 amide bonds. The van der Waals surface area contributed by atoms with Crippen molar-refractivity contribution in [3.8, 4) is 16.9 Å². The zero-order chi connectivity index (χ0) is 14.7. The fourth-order valence-electron chi connectivity index (χ4n) is 2.68. The third kappa shape index (κ3) is 2.86. The van der Waals surface area contributed by atoms with E-state index < -0.39 is 0 Å². The molecule has 0 fully saturated rings. The highest BCUT2D eigenvalue weighted by molar-refractivity contribution is 7.08. The van der Waals surface area contributed by atoms with Crippen molar-refractivity contribution in [1.29, 1.82) is 0 Å². The molecule has 0 aliphatic heterocycles. The number of aryl methyl sites for hydroxylation is 1. The number of rotatable bonds is 4. The summed E-state index contributed by atoms with van der Waals surface area (Å²) in [6, 6.07) is 16.9. The number of methoxy groups -OCH3 is 1. The molecule has 3 rings (SSSR count). The predicted octanol–water partition coefficient (Wildman–Crippen LogP) is 5.32. The Morgan fingerprint density at radius 2 is 1.71 bits per heavy atom. The summed E-state index contributed by atoms with van der Waals surface area (Å²) in [7, 11) is 1.75. The van der Waals surface area contributed by atoms with Gasteiger partial charge in [0.25, 0.3) is 0 Å². The van der Waals surface area contributed by atoms with E-state index in [0.717, 1.165) is 12.2 Å². The van der Waals surface area contributed by atoms with Crippen molar-refractivity contribution in [3.05, 3.63) is 76.0 Å². The van der Waals surface area contributed by atoms with Crippen LogP contribution in [0.15, 0.2) is 59.3 Å². The van der Waals surface area contributed by atoms with Gasteiger partial charge in [-0.1, -0.05) is 48.5 Å². The molecule has 0 aliphatic rings. The summed E-state index contributed by atoms with van der Waals surface area (Å²) in [5.74, 6) is 1.00. The predicted molar refractivity (Wildman–Crippen MR) is 90.3 cm³/mol. The monoisotopic (exact) mass is 294 g/mol. The Labute approximate surface area is 129 Å². The summed E-state index contributed by atoms with van der Waals surface area (Å²) in [5.41, 5.74) is 6.39. The van der Waals surface area contributed by atoms with Crippen molar-refractivity contribution >= 4 is 11.3 Å². The van der Waals surface area contributed by atoms with Gasteiger partial charge in [-0.3, -0.25) is 0 Å². The molecule has 1 aromatic heterocycles. The van der Waals surface area contributed by atoms with Crippen LogP contribution in [0.1, 0.15) is 16.7 Å². The van der Waals surface area contributed by atoms with E-state index in [1.807, 2.05) is 0 Å². The van der Waals surface area contributed by atoms with Crippen molar-refractivity contribution in [2.75, 3.05) is 7.11 Å². The van der Waals surface area contributed by atoms with Gasteiger partial charge in [0.15, 0.2) is 0 Å². The van der Waals surface area contributed by atoms with E-state index in [1.165, 1.54) is 27.8 Å². The Bertz CT molecular complexity index is 728. The zero-order valence-electron chi connectivity index (χ0n) is 12.3. The number of hydrogen-bond donors (Lipinski definition) is 0. The normalized spacial score (nSPS) is 10.6. The lowest BCUT2D eigenvalue weighted by atomic mass is 9.97. The topological polar surface area (TPSA) is 9.23 Å². The van der Waals surface area contributed by atoms with E-state index in [4.69, 9.17) is 4.74 Å². The number of thiophene rings is 1. The second kappa shape index (κ2) is 6.15. The first-order valence-corrected chi connectivity index (χ1v) is 7.97. The van der Waals surface area contributed by atoms with E-state index in [9.17, 15) is 0 Å². The van der Waals surface area contributed by atoms with Gasteiger partial charge in [0, 0.05) is 6.42 Å². The fraction of sp³-hybridized carbons (Fsp3) is 0.158. The quantitative estimate of drug-likeness (QED) is 0.632. The molecule has 0 radical (unpaired) electrons. The fourth-order valence-corrected chi connectivity index (χ4v) is 3.55. The molecule has 21 heavy (non-hydrogen) atoms. The molecule has 0 N–H and O–H groups in total.